The topological polar surface area (TPSA) is 67.9 Å². The van der Waals surface area contributed by atoms with Gasteiger partial charge in [0.1, 0.15) is 5.75 Å². The third-order valence-corrected chi connectivity index (χ3v) is 5.97. The zero-order valence-corrected chi connectivity index (χ0v) is 17.0. The minimum Gasteiger partial charge on any atom is -0.493 e. The van der Waals surface area contributed by atoms with Gasteiger partial charge in [0.2, 0.25) is 0 Å². The maximum absolute atomic E-state index is 12.7. The number of alkyl halides is 3. The number of nitrogens with zero attached hydrogens (tertiary/aromatic N) is 1. The summed E-state index contributed by atoms with van der Waals surface area (Å²) in [6, 6.07) is 9.77. The number of morpholine rings is 1. The van der Waals surface area contributed by atoms with E-state index in [2.05, 4.69) is 9.62 Å². The van der Waals surface area contributed by atoms with Gasteiger partial charge in [-0.3, -0.25) is 9.62 Å². The van der Waals surface area contributed by atoms with Crippen molar-refractivity contribution in [2.75, 3.05) is 44.2 Å². The van der Waals surface area contributed by atoms with Crippen LogP contribution in [0.2, 0.25) is 0 Å². The van der Waals surface area contributed by atoms with Gasteiger partial charge >= 0.3 is 6.18 Å². The van der Waals surface area contributed by atoms with Gasteiger partial charge in [0.15, 0.2) is 0 Å². The van der Waals surface area contributed by atoms with Crippen molar-refractivity contribution in [3.05, 3.63) is 54.1 Å². The van der Waals surface area contributed by atoms with Crippen LogP contribution in [-0.4, -0.2) is 52.8 Å². The average Bonchev–Trinajstić information content (AvgIpc) is 2.71. The van der Waals surface area contributed by atoms with E-state index in [1.165, 1.54) is 6.07 Å². The number of rotatable bonds is 8. The van der Waals surface area contributed by atoms with Gasteiger partial charge < -0.3 is 9.47 Å². The minimum atomic E-state index is -4.52. The number of hydrogen-bond donors (Lipinski definition) is 1. The summed E-state index contributed by atoms with van der Waals surface area (Å²) >= 11 is 0. The molecule has 1 heterocycles. The zero-order chi connectivity index (χ0) is 21.6. The van der Waals surface area contributed by atoms with Crippen molar-refractivity contribution in [1.29, 1.82) is 0 Å². The van der Waals surface area contributed by atoms with Crippen molar-refractivity contribution >= 4 is 15.7 Å². The summed E-state index contributed by atoms with van der Waals surface area (Å²) in [6.45, 7) is 4.66. The molecule has 1 aliphatic heterocycles. The van der Waals surface area contributed by atoms with Crippen LogP contribution in [-0.2, 0) is 20.9 Å². The fourth-order valence-electron chi connectivity index (χ4n) is 2.99. The highest BCUT2D eigenvalue weighted by Crippen LogP contribution is 2.30. The molecule has 30 heavy (non-hydrogen) atoms. The molecule has 0 spiro atoms. The first-order valence-electron chi connectivity index (χ1n) is 9.47. The highest BCUT2D eigenvalue weighted by Gasteiger charge is 2.30. The molecule has 1 fully saturated rings. The summed E-state index contributed by atoms with van der Waals surface area (Å²) in [6.07, 6.45) is -3.70. The van der Waals surface area contributed by atoms with Gasteiger partial charge in [-0.15, -0.1) is 0 Å². The Hall–Kier alpha value is -2.30. The fraction of sp³-hybridized carbons (Fsp3) is 0.400. The molecule has 0 amide bonds. The van der Waals surface area contributed by atoms with Crippen molar-refractivity contribution in [1.82, 2.24) is 4.90 Å². The number of ether oxygens (including phenoxy) is 2. The lowest BCUT2D eigenvalue weighted by Gasteiger charge is -2.26. The second-order valence-corrected chi connectivity index (χ2v) is 8.49. The van der Waals surface area contributed by atoms with Crippen LogP contribution in [0.15, 0.2) is 53.4 Å². The number of anilines is 1. The molecule has 2 aromatic rings. The summed E-state index contributed by atoms with van der Waals surface area (Å²) in [5.74, 6) is 0.504. The number of sulfonamides is 1. The molecular formula is C20H23F3N2O4S. The SMILES string of the molecule is O=S(=O)(Nc1cccc(OCCCN2CCOCC2)c1)c1ccc(C(F)(F)F)cc1. The molecule has 1 saturated heterocycles. The van der Waals surface area contributed by atoms with E-state index in [9.17, 15) is 21.6 Å². The standard InChI is InChI=1S/C20H23F3N2O4S/c21-20(22,23)16-5-7-19(8-6-16)30(26,27)24-17-3-1-4-18(15-17)29-12-2-9-25-10-13-28-14-11-25/h1,3-8,15,24H,2,9-14H2. The molecule has 0 atom stereocenters. The summed E-state index contributed by atoms with van der Waals surface area (Å²) < 4.78 is 76.2. The Balaban J connectivity index is 1.55. The van der Waals surface area contributed by atoms with Crippen LogP contribution >= 0.6 is 0 Å². The van der Waals surface area contributed by atoms with Crippen LogP contribution in [0.4, 0.5) is 18.9 Å². The fourth-order valence-corrected chi connectivity index (χ4v) is 4.04. The van der Waals surface area contributed by atoms with Crippen molar-refractivity contribution in [3.8, 4) is 5.75 Å². The largest absolute Gasteiger partial charge is 0.493 e. The Morgan fingerprint density at radius 2 is 1.77 bits per heavy atom. The number of nitrogens with one attached hydrogen (secondary N) is 1. The summed E-state index contributed by atoms with van der Waals surface area (Å²) in [5, 5.41) is 0. The van der Waals surface area contributed by atoms with E-state index >= 15 is 0 Å². The van der Waals surface area contributed by atoms with Crippen LogP contribution < -0.4 is 9.46 Å². The molecular weight excluding hydrogens is 421 g/mol. The van der Waals surface area contributed by atoms with Crippen molar-refractivity contribution < 1.29 is 31.1 Å². The summed E-state index contributed by atoms with van der Waals surface area (Å²) in [5.41, 5.74) is -0.644. The molecule has 0 bridgehead atoms. The molecule has 1 N–H and O–H groups in total. The first-order chi connectivity index (χ1) is 14.2. The first-order valence-corrected chi connectivity index (χ1v) is 11.0. The maximum Gasteiger partial charge on any atom is 0.416 e. The Kier molecular flexibility index (Phi) is 7.22. The van der Waals surface area contributed by atoms with Crippen LogP contribution in [0.5, 0.6) is 5.75 Å². The van der Waals surface area contributed by atoms with Gasteiger partial charge in [0.25, 0.3) is 10.0 Å². The predicted octanol–water partition coefficient (Wildman–Crippen LogP) is 3.61. The maximum atomic E-state index is 12.7. The molecule has 0 radical (unpaired) electrons. The number of halogens is 3. The third kappa shape index (κ3) is 6.35. The van der Waals surface area contributed by atoms with Gasteiger partial charge in [-0.05, 0) is 42.8 Å². The minimum absolute atomic E-state index is 0.257. The van der Waals surface area contributed by atoms with E-state index in [0.29, 0.717) is 12.4 Å². The van der Waals surface area contributed by atoms with E-state index in [1.807, 2.05) is 0 Å². The summed E-state index contributed by atoms with van der Waals surface area (Å²) in [7, 11) is -4.02. The number of hydrogen-bond acceptors (Lipinski definition) is 5. The molecule has 1 aliphatic rings. The Labute approximate surface area is 173 Å². The Bertz CT molecular complexity index is 928. The first kappa shape index (κ1) is 22.4. The molecule has 0 unspecified atom stereocenters. The van der Waals surface area contributed by atoms with Crippen molar-refractivity contribution in [2.24, 2.45) is 0 Å². The average molecular weight is 444 g/mol. The van der Waals surface area contributed by atoms with E-state index in [1.54, 1.807) is 18.2 Å². The molecule has 0 saturated carbocycles. The molecule has 0 aromatic heterocycles. The van der Waals surface area contributed by atoms with Gasteiger partial charge in [-0.1, -0.05) is 6.07 Å². The van der Waals surface area contributed by atoms with Crippen LogP contribution in [0.3, 0.4) is 0 Å². The monoisotopic (exact) mass is 444 g/mol. The lowest BCUT2D eigenvalue weighted by molar-refractivity contribution is -0.137. The third-order valence-electron chi connectivity index (χ3n) is 4.57. The highest BCUT2D eigenvalue weighted by molar-refractivity contribution is 7.92. The number of benzene rings is 2. The molecule has 0 aliphatic carbocycles. The summed E-state index contributed by atoms with van der Waals surface area (Å²) in [4.78, 5) is 2.04. The normalized spacial score (nSPS) is 15.7. The molecule has 164 valence electrons. The van der Waals surface area contributed by atoms with Crippen LogP contribution in [0.25, 0.3) is 0 Å². The molecule has 3 rings (SSSR count). The van der Waals surface area contributed by atoms with E-state index < -0.39 is 21.8 Å². The lowest BCUT2D eigenvalue weighted by Crippen LogP contribution is -2.37. The van der Waals surface area contributed by atoms with E-state index in [4.69, 9.17) is 9.47 Å². The zero-order valence-electron chi connectivity index (χ0n) is 16.2. The Morgan fingerprint density at radius 3 is 2.43 bits per heavy atom. The smallest absolute Gasteiger partial charge is 0.416 e. The molecule has 6 nitrogen and oxygen atoms in total. The second-order valence-electron chi connectivity index (χ2n) is 6.81. The van der Waals surface area contributed by atoms with Crippen LogP contribution in [0.1, 0.15) is 12.0 Å². The second kappa shape index (κ2) is 9.67. The lowest BCUT2D eigenvalue weighted by atomic mass is 10.2. The van der Waals surface area contributed by atoms with Gasteiger partial charge in [-0.25, -0.2) is 8.42 Å². The Morgan fingerprint density at radius 1 is 1.07 bits per heavy atom. The van der Waals surface area contributed by atoms with E-state index in [0.717, 1.165) is 63.5 Å². The van der Waals surface area contributed by atoms with Gasteiger partial charge in [0, 0.05) is 25.7 Å². The van der Waals surface area contributed by atoms with Crippen molar-refractivity contribution in [2.45, 2.75) is 17.5 Å². The quantitative estimate of drug-likeness (QED) is 0.630. The highest BCUT2D eigenvalue weighted by atomic mass is 32.2. The van der Waals surface area contributed by atoms with Gasteiger partial charge in [0.05, 0.1) is 36.0 Å². The van der Waals surface area contributed by atoms with Crippen molar-refractivity contribution in [3.63, 3.8) is 0 Å². The molecule has 2 aromatic carbocycles. The van der Waals surface area contributed by atoms with E-state index in [-0.39, 0.29) is 10.6 Å². The predicted molar refractivity (Wildman–Crippen MR) is 106 cm³/mol. The molecule has 10 heteroatoms. The van der Waals surface area contributed by atoms with Gasteiger partial charge in [-0.2, -0.15) is 13.2 Å². The van der Waals surface area contributed by atoms with Crippen LogP contribution in [0, 0.1) is 0 Å².